The molecule has 1 aromatic carbocycles. The van der Waals surface area contributed by atoms with Crippen molar-refractivity contribution in [3.63, 3.8) is 0 Å². The topological polar surface area (TPSA) is 103 Å². The number of nitrogens with zero attached hydrogens (tertiary/aromatic N) is 3. The highest BCUT2D eigenvalue weighted by molar-refractivity contribution is 8.00. The molecule has 0 aliphatic carbocycles. The van der Waals surface area contributed by atoms with E-state index in [0.717, 1.165) is 0 Å². The van der Waals surface area contributed by atoms with Crippen molar-refractivity contribution in [2.45, 2.75) is 17.3 Å². The van der Waals surface area contributed by atoms with Crippen LogP contribution in [0.1, 0.15) is 17.3 Å². The summed E-state index contributed by atoms with van der Waals surface area (Å²) in [5.74, 6) is -0.658. The van der Waals surface area contributed by atoms with Crippen molar-refractivity contribution in [1.82, 2.24) is 14.8 Å². The van der Waals surface area contributed by atoms with Gasteiger partial charge in [0.1, 0.15) is 6.33 Å². The third-order valence-electron chi connectivity index (χ3n) is 2.76. The van der Waals surface area contributed by atoms with Crippen LogP contribution in [0.2, 0.25) is 0 Å². The van der Waals surface area contributed by atoms with Crippen LogP contribution in [0.5, 0.6) is 0 Å². The van der Waals surface area contributed by atoms with E-state index in [0.29, 0.717) is 16.4 Å². The number of aromatic nitrogens is 3. The van der Waals surface area contributed by atoms with Crippen molar-refractivity contribution in [2.24, 2.45) is 12.8 Å². The van der Waals surface area contributed by atoms with Gasteiger partial charge in [-0.2, -0.15) is 0 Å². The van der Waals surface area contributed by atoms with E-state index >= 15 is 0 Å². The van der Waals surface area contributed by atoms with Gasteiger partial charge in [-0.3, -0.25) is 9.59 Å². The lowest BCUT2D eigenvalue weighted by atomic mass is 10.2. The molecule has 2 rings (SSSR count). The molecule has 0 bridgehead atoms. The number of anilines is 1. The van der Waals surface area contributed by atoms with E-state index in [2.05, 4.69) is 15.5 Å². The first kappa shape index (κ1) is 15.0. The Kier molecular flexibility index (Phi) is 4.59. The van der Waals surface area contributed by atoms with Crippen molar-refractivity contribution in [3.05, 3.63) is 36.2 Å². The molecule has 0 unspecified atom stereocenters. The van der Waals surface area contributed by atoms with Gasteiger partial charge in [0.05, 0.1) is 5.25 Å². The Hall–Kier alpha value is -2.35. The van der Waals surface area contributed by atoms with E-state index < -0.39 is 5.91 Å². The van der Waals surface area contributed by atoms with Crippen LogP contribution >= 0.6 is 11.8 Å². The first-order valence-electron chi connectivity index (χ1n) is 6.18. The van der Waals surface area contributed by atoms with E-state index in [9.17, 15) is 9.59 Å². The quantitative estimate of drug-likeness (QED) is 0.803. The number of nitrogens with one attached hydrogen (secondary N) is 1. The number of aryl methyl sites for hydroxylation is 1. The summed E-state index contributed by atoms with van der Waals surface area (Å²) < 4.78 is 1.75. The lowest BCUT2D eigenvalue weighted by Crippen LogP contribution is -2.23. The molecule has 0 aliphatic heterocycles. The molecule has 0 radical (unpaired) electrons. The third-order valence-corrected chi connectivity index (χ3v) is 3.91. The summed E-state index contributed by atoms with van der Waals surface area (Å²) >= 11 is 1.32. The van der Waals surface area contributed by atoms with Crippen LogP contribution in [0.25, 0.3) is 0 Å². The van der Waals surface area contributed by atoms with E-state index in [1.165, 1.54) is 11.8 Å². The molecule has 1 heterocycles. The minimum atomic E-state index is -0.501. The van der Waals surface area contributed by atoms with E-state index in [-0.39, 0.29) is 11.2 Å². The van der Waals surface area contributed by atoms with Gasteiger partial charge in [0.25, 0.3) is 0 Å². The normalized spacial score (nSPS) is 11.9. The summed E-state index contributed by atoms with van der Waals surface area (Å²) in [7, 11) is 1.81. The molecule has 0 aliphatic rings. The van der Waals surface area contributed by atoms with Gasteiger partial charge in [0.2, 0.25) is 11.8 Å². The zero-order valence-corrected chi connectivity index (χ0v) is 12.4. The highest BCUT2D eigenvalue weighted by Gasteiger charge is 2.17. The van der Waals surface area contributed by atoms with Crippen LogP contribution in [0, 0.1) is 0 Å². The highest BCUT2D eigenvalue weighted by atomic mass is 32.2. The summed E-state index contributed by atoms with van der Waals surface area (Å²) in [6.07, 6.45) is 1.58. The molecule has 21 heavy (non-hydrogen) atoms. The minimum Gasteiger partial charge on any atom is -0.366 e. The summed E-state index contributed by atoms with van der Waals surface area (Å²) in [6.45, 7) is 1.78. The zero-order valence-electron chi connectivity index (χ0n) is 11.6. The maximum atomic E-state index is 12.1. The molecule has 0 spiro atoms. The molecule has 3 N–H and O–H groups in total. The monoisotopic (exact) mass is 305 g/mol. The van der Waals surface area contributed by atoms with Gasteiger partial charge >= 0.3 is 0 Å². The van der Waals surface area contributed by atoms with Crippen molar-refractivity contribution in [2.75, 3.05) is 5.32 Å². The number of thioether (sulfide) groups is 1. The fourth-order valence-electron chi connectivity index (χ4n) is 1.55. The van der Waals surface area contributed by atoms with Crippen molar-refractivity contribution < 1.29 is 9.59 Å². The predicted octanol–water partition coefficient (Wildman–Crippen LogP) is 1.03. The van der Waals surface area contributed by atoms with Crippen molar-refractivity contribution in [1.29, 1.82) is 0 Å². The summed E-state index contributed by atoms with van der Waals surface area (Å²) in [5.41, 5.74) is 6.16. The average Bonchev–Trinajstić information content (AvgIpc) is 2.84. The van der Waals surface area contributed by atoms with E-state index in [4.69, 9.17) is 5.73 Å². The lowest BCUT2D eigenvalue weighted by Gasteiger charge is -2.11. The number of hydrogen-bond donors (Lipinski definition) is 2. The molecule has 7 nitrogen and oxygen atoms in total. The zero-order chi connectivity index (χ0) is 15.4. The van der Waals surface area contributed by atoms with Gasteiger partial charge < -0.3 is 15.6 Å². The van der Waals surface area contributed by atoms with E-state index in [1.54, 1.807) is 42.1 Å². The maximum absolute atomic E-state index is 12.1. The van der Waals surface area contributed by atoms with Gasteiger partial charge in [-0.25, -0.2) is 0 Å². The molecule has 2 amide bonds. The number of amides is 2. The number of hydrogen-bond acceptors (Lipinski definition) is 5. The second-order valence-electron chi connectivity index (χ2n) is 4.42. The summed E-state index contributed by atoms with van der Waals surface area (Å²) in [5, 5.41) is 10.8. The van der Waals surface area contributed by atoms with E-state index in [1.807, 2.05) is 7.05 Å². The second-order valence-corrected chi connectivity index (χ2v) is 5.72. The van der Waals surface area contributed by atoms with Crippen LogP contribution in [0.15, 0.2) is 35.7 Å². The first-order valence-corrected chi connectivity index (χ1v) is 7.06. The Morgan fingerprint density at radius 3 is 2.52 bits per heavy atom. The van der Waals surface area contributed by atoms with Crippen LogP contribution in [0.4, 0.5) is 5.69 Å². The molecular weight excluding hydrogens is 290 g/mol. The third kappa shape index (κ3) is 3.82. The number of carbonyl (C=O) groups is 2. The fraction of sp³-hybridized carbons (Fsp3) is 0.231. The lowest BCUT2D eigenvalue weighted by molar-refractivity contribution is -0.115. The van der Waals surface area contributed by atoms with Crippen molar-refractivity contribution >= 4 is 29.3 Å². The van der Waals surface area contributed by atoms with Crippen LogP contribution in [0.3, 0.4) is 0 Å². The van der Waals surface area contributed by atoms with Gasteiger partial charge in [0.15, 0.2) is 5.16 Å². The Labute approximate surface area is 125 Å². The minimum absolute atomic E-state index is 0.158. The molecule has 2 aromatic rings. The Bertz CT molecular complexity index is 653. The van der Waals surface area contributed by atoms with Crippen molar-refractivity contribution in [3.8, 4) is 0 Å². The highest BCUT2D eigenvalue weighted by Crippen LogP contribution is 2.21. The predicted molar refractivity (Wildman–Crippen MR) is 79.9 cm³/mol. The Morgan fingerprint density at radius 1 is 1.33 bits per heavy atom. The largest absolute Gasteiger partial charge is 0.366 e. The van der Waals surface area contributed by atoms with Crippen LogP contribution in [-0.2, 0) is 11.8 Å². The molecule has 0 saturated carbocycles. The first-order chi connectivity index (χ1) is 9.97. The number of carbonyl (C=O) groups excluding carboxylic acids is 2. The Morgan fingerprint density at radius 2 is 2.00 bits per heavy atom. The molecule has 1 aromatic heterocycles. The summed E-state index contributed by atoms with van der Waals surface area (Å²) in [6, 6.07) is 6.41. The number of primary amides is 1. The smallest absolute Gasteiger partial charge is 0.248 e. The number of benzene rings is 1. The van der Waals surface area contributed by atoms with Gasteiger partial charge in [0, 0.05) is 18.3 Å². The SMILES string of the molecule is C[C@H](Sc1nncn1C)C(=O)Nc1ccc(C(N)=O)cc1. The Balaban J connectivity index is 1.97. The number of nitrogens with two attached hydrogens (primary N) is 1. The van der Waals surface area contributed by atoms with Crippen LogP contribution < -0.4 is 11.1 Å². The maximum Gasteiger partial charge on any atom is 0.248 e. The average molecular weight is 305 g/mol. The second kappa shape index (κ2) is 6.40. The van der Waals surface area contributed by atoms with Crippen LogP contribution in [-0.4, -0.2) is 31.8 Å². The molecule has 0 saturated heterocycles. The van der Waals surface area contributed by atoms with Gasteiger partial charge in [-0.05, 0) is 31.2 Å². The van der Waals surface area contributed by atoms with Gasteiger partial charge in [-0.1, -0.05) is 11.8 Å². The summed E-state index contributed by atoms with van der Waals surface area (Å²) in [4.78, 5) is 23.1. The molecule has 1 atom stereocenters. The fourth-order valence-corrected chi connectivity index (χ4v) is 2.34. The molecule has 8 heteroatoms. The number of rotatable bonds is 5. The molecular formula is C13H15N5O2S. The molecule has 110 valence electrons. The molecule has 0 fully saturated rings. The van der Waals surface area contributed by atoms with Gasteiger partial charge in [-0.15, -0.1) is 10.2 Å². The standard InChI is InChI=1S/C13H15N5O2S/c1-8(21-13-17-15-7-18(13)2)12(20)16-10-5-3-9(4-6-10)11(14)19/h3-8H,1-2H3,(H2,14,19)(H,16,20)/t8-/m0/s1.